The quantitative estimate of drug-likeness (QED) is 0.750. The lowest BCUT2D eigenvalue weighted by Gasteiger charge is -2.21. The number of carbonyl (C=O) groups excluding carboxylic acids is 1. The third-order valence-corrected chi connectivity index (χ3v) is 5.18. The molecule has 3 heterocycles. The van der Waals surface area contributed by atoms with E-state index >= 15 is 0 Å². The Kier molecular flexibility index (Phi) is 4.58. The number of amides is 1. The molecule has 1 fully saturated rings. The van der Waals surface area contributed by atoms with Gasteiger partial charge in [-0.3, -0.25) is 4.79 Å². The van der Waals surface area contributed by atoms with Crippen LogP contribution in [0.15, 0.2) is 48.7 Å². The zero-order chi connectivity index (χ0) is 19.0. The normalized spacial score (nSPS) is 16.8. The SMILES string of the molecule is O=C(O)C1CCCN1C(=O)Cc1c(-c2ccc(Cl)cc2)nc2ccccn12. The molecule has 1 unspecified atom stereocenters. The van der Waals surface area contributed by atoms with Gasteiger partial charge in [0.05, 0.1) is 17.8 Å². The van der Waals surface area contributed by atoms with E-state index in [4.69, 9.17) is 11.6 Å². The van der Waals surface area contributed by atoms with Crippen LogP contribution in [-0.4, -0.2) is 43.9 Å². The molecule has 2 aromatic heterocycles. The highest BCUT2D eigenvalue weighted by atomic mass is 35.5. The maximum Gasteiger partial charge on any atom is 0.326 e. The van der Waals surface area contributed by atoms with Crippen LogP contribution < -0.4 is 0 Å². The molecule has 1 atom stereocenters. The Balaban J connectivity index is 1.74. The summed E-state index contributed by atoms with van der Waals surface area (Å²) in [6, 6.07) is 12.2. The number of fused-ring (bicyclic) bond motifs is 1. The summed E-state index contributed by atoms with van der Waals surface area (Å²) < 4.78 is 1.88. The van der Waals surface area contributed by atoms with Gasteiger partial charge in [-0.15, -0.1) is 0 Å². The van der Waals surface area contributed by atoms with Crippen LogP contribution in [0.2, 0.25) is 5.02 Å². The van der Waals surface area contributed by atoms with E-state index in [2.05, 4.69) is 4.98 Å². The summed E-state index contributed by atoms with van der Waals surface area (Å²) in [5, 5.41) is 9.99. The van der Waals surface area contributed by atoms with Gasteiger partial charge < -0.3 is 14.4 Å². The average molecular weight is 384 g/mol. The number of carboxylic acids is 1. The number of rotatable bonds is 4. The fraction of sp³-hybridized carbons (Fsp3) is 0.250. The summed E-state index contributed by atoms with van der Waals surface area (Å²) in [6.45, 7) is 0.475. The van der Waals surface area contributed by atoms with Gasteiger partial charge in [0.1, 0.15) is 11.7 Å². The minimum atomic E-state index is -0.947. The molecule has 3 aromatic rings. The van der Waals surface area contributed by atoms with Crippen LogP contribution in [0.4, 0.5) is 0 Å². The van der Waals surface area contributed by atoms with Gasteiger partial charge in [-0.25, -0.2) is 9.78 Å². The maximum atomic E-state index is 12.9. The zero-order valence-corrected chi connectivity index (χ0v) is 15.3. The Morgan fingerprint density at radius 2 is 1.96 bits per heavy atom. The lowest BCUT2D eigenvalue weighted by molar-refractivity contribution is -0.148. The number of hydrogen-bond acceptors (Lipinski definition) is 3. The molecular formula is C20H18ClN3O3. The van der Waals surface area contributed by atoms with E-state index in [1.807, 2.05) is 40.9 Å². The summed E-state index contributed by atoms with van der Waals surface area (Å²) >= 11 is 5.99. The van der Waals surface area contributed by atoms with Crippen LogP contribution in [0.1, 0.15) is 18.5 Å². The van der Waals surface area contributed by atoms with Crippen LogP contribution in [0.3, 0.4) is 0 Å². The molecule has 0 bridgehead atoms. The Morgan fingerprint density at radius 1 is 1.19 bits per heavy atom. The molecule has 1 amide bonds. The summed E-state index contributed by atoms with van der Waals surface area (Å²) in [5.41, 5.74) is 3.05. The van der Waals surface area contributed by atoms with Gasteiger partial charge in [-0.05, 0) is 37.1 Å². The number of aliphatic carboxylic acids is 1. The van der Waals surface area contributed by atoms with Gasteiger partial charge in [-0.2, -0.15) is 0 Å². The largest absolute Gasteiger partial charge is 0.480 e. The van der Waals surface area contributed by atoms with Crippen LogP contribution in [0, 0.1) is 0 Å². The third kappa shape index (κ3) is 3.28. The second-order valence-corrected chi connectivity index (χ2v) is 7.04. The van der Waals surface area contributed by atoms with E-state index in [1.165, 1.54) is 4.90 Å². The minimum absolute atomic E-state index is 0.0902. The van der Waals surface area contributed by atoms with Crippen molar-refractivity contribution in [3.05, 3.63) is 59.4 Å². The highest BCUT2D eigenvalue weighted by molar-refractivity contribution is 6.30. The van der Waals surface area contributed by atoms with Crippen LogP contribution in [0.25, 0.3) is 16.9 Å². The smallest absolute Gasteiger partial charge is 0.326 e. The minimum Gasteiger partial charge on any atom is -0.480 e. The molecule has 1 saturated heterocycles. The number of nitrogens with zero attached hydrogens (tertiary/aromatic N) is 3. The fourth-order valence-corrected chi connectivity index (χ4v) is 3.75. The monoisotopic (exact) mass is 383 g/mol. The molecule has 4 rings (SSSR count). The standard InChI is InChI=1S/C20H18ClN3O3/c21-14-8-6-13(7-9-14)19-16(23-10-2-1-5-17(23)22-19)12-18(25)24-11-3-4-15(24)20(26)27/h1-2,5-10,15H,3-4,11-12H2,(H,26,27). The van der Waals surface area contributed by atoms with E-state index < -0.39 is 12.0 Å². The molecule has 6 nitrogen and oxygen atoms in total. The van der Waals surface area contributed by atoms with Crippen molar-refractivity contribution in [3.63, 3.8) is 0 Å². The third-order valence-electron chi connectivity index (χ3n) is 4.92. The lowest BCUT2D eigenvalue weighted by Crippen LogP contribution is -2.41. The number of imidazole rings is 1. The number of halogens is 1. The highest BCUT2D eigenvalue weighted by Gasteiger charge is 2.34. The van der Waals surface area contributed by atoms with Crippen molar-refractivity contribution in [1.82, 2.24) is 14.3 Å². The Hall–Kier alpha value is -2.86. The highest BCUT2D eigenvalue weighted by Crippen LogP contribution is 2.27. The number of likely N-dealkylation sites (tertiary alicyclic amines) is 1. The Labute approximate surface area is 161 Å². The lowest BCUT2D eigenvalue weighted by atomic mass is 10.1. The molecule has 138 valence electrons. The van der Waals surface area contributed by atoms with E-state index in [9.17, 15) is 14.7 Å². The van der Waals surface area contributed by atoms with Crippen molar-refractivity contribution in [2.75, 3.05) is 6.54 Å². The van der Waals surface area contributed by atoms with Gasteiger partial charge >= 0.3 is 5.97 Å². The second kappa shape index (κ2) is 7.04. The van der Waals surface area contributed by atoms with Gasteiger partial charge in [-0.1, -0.05) is 29.8 Å². The number of carboxylic acid groups (broad SMARTS) is 1. The van der Waals surface area contributed by atoms with Crippen LogP contribution in [-0.2, 0) is 16.0 Å². The van der Waals surface area contributed by atoms with E-state index in [0.717, 1.165) is 16.9 Å². The molecule has 1 aromatic carbocycles. The van der Waals surface area contributed by atoms with Crippen LogP contribution in [0.5, 0.6) is 0 Å². The number of aromatic nitrogens is 2. The maximum absolute atomic E-state index is 12.9. The van der Waals surface area contributed by atoms with Crippen molar-refractivity contribution in [3.8, 4) is 11.3 Å². The molecule has 27 heavy (non-hydrogen) atoms. The predicted molar refractivity (Wildman–Crippen MR) is 102 cm³/mol. The van der Waals surface area contributed by atoms with Gasteiger partial charge in [0, 0.05) is 23.3 Å². The molecule has 0 saturated carbocycles. The van der Waals surface area contributed by atoms with Crippen molar-refractivity contribution in [2.45, 2.75) is 25.3 Å². The van der Waals surface area contributed by atoms with Gasteiger partial charge in [0.25, 0.3) is 0 Å². The summed E-state index contributed by atoms with van der Waals surface area (Å²) in [5.74, 6) is -1.14. The Morgan fingerprint density at radius 3 is 2.70 bits per heavy atom. The topological polar surface area (TPSA) is 74.9 Å². The number of hydrogen-bond donors (Lipinski definition) is 1. The molecule has 0 radical (unpaired) electrons. The molecular weight excluding hydrogens is 366 g/mol. The second-order valence-electron chi connectivity index (χ2n) is 6.60. The van der Waals surface area contributed by atoms with Crippen molar-refractivity contribution in [2.24, 2.45) is 0 Å². The Bertz CT molecular complexity index is 1010. The molecule has 1 aliphatic heterocycles. The van der Waals surface area contributed by atoms with Gasteiger partial charge in [0.15, 0.2) is 0 Å². The average Bonchev–Trinajstić information content (AvgIpc) is 3.28. The predicted octanol–water partition coefficient (Wildman–Crippen LogP) is 3.27. The first-order valence-corrected chi connectivity index (χ1v) is 9.16. The van der Waals surface area contributed by atoms with Crippen LogP contribution >= 0.6 is 11.6 Å². The fourth-order valence-electron chi connectivity index (χ4n) is 3.62. The van der Waals surface area contributed by atoms with E-state index in [-0.39, 0.29) is 12.3 Å². The van der Waals surface area contributed by atoms with E-state index in [1.54, 1.807) is 12.1 Å². The van der Waals surface area contributed by atoms with Gasteiger partial charge in [0.2, 0.25) is 5.91 Å². The van der Waals surface area contributed by atoms with Crippen molar-refractivity contribution >= 4 is 29.1 Å². The summed E-state index contributed by atoms with van der Waals surface area (Å²) in [4.78, 5) is 30.5. The summed E-state index contributed by atoms with van der Waals surface area (Å²) in [7, 11) is 0. The number of pyridine rings is 1. The van der Waals surface area contributed by atoms with Crippen molar-refractivity contribution < 1.29 is 14.7 Å². The first kappa shape index (κ1) is 17.5. The molecule has 1 aliphatic rings. The van der Waals surface area contributed by atoms with Crippen molar-refractivity contribution in [1.29, 1.82) is 0 Å². The van der Waals surface area contributed by atoms with E-state index in [0.29, 0.717) is 30.1 Å². The number of benzene rings is 1. The molecule has 0 aliphatic carbocycles. The molecule has 1 N–H and O–H groups in total. The zero-order valence-electron chi connectivity index (χ0n) is 14.5. The first-order valence-electron chi connectivity index (χ1n) is 8.79. The molecule has 0 spiro atoms. The summed E-state index contributed by atoms with van der Waals surface area (Å²) in [6.07, 6.45) is 3.16. The molecule has 7 heteroatoms. The number of carbonyl (C=O) groups is 2. The first-order chi connectivity index (χ1) is 13.0.